The van der Waals surface area contributed by atoms with Gasteiger partial charge in [-0.2, -0.15) is 0 Å². The van der Waals surface area contributed by atoms with Crippen molar-refractivity contribution in [2.75, 3.05) is 26.2 Å². The van der Waals surface area contributed by atoms with Crippen LogP contribution in [0.4, 0.5) is 4.39 Å². The highest BCUT2D eigenvalue weighted by Gasteiger charge is 2.33. The Bertz CT molecular complexity index is 460. The fraction of sp³-hybridized carbons (Fsp3) is 0.625. The molecule has 0 bridgehead atoms. The summed E-state index contributed by atoms with van der Waals surface area (Å²) in [6.45, 7) is 3.90. The Labute approximate surface area is 131 Å². The zero-order valence-corrected chi connectivity index (χ0v) is 13.0. The zero-order valence-electron chi connectivity index (χ0n) is 12.2. The third-order valence-electron chi connectivity index (χ3n) is 4.69. The number of hydrogen-bond donors (Lipinski definition) is 2. The summed E-state index contributed by atoms with van der Waals surface area (Å²) in [5.41, 5.74) is 0.761. The van der Waals surface area contributed by atoms with E-state index < -0.39 is 0 Å². The molecule has 1 atom stereocenters. The second-order valence-electron chi connectivity index (χ2n) is 5.98. The second kappa shape index (κ2) is 7.43. The van der Waals surface area contributed by atoms with Crippen LogP contribution in [-0.2, 0) is 0 Å². The lowest BCUT2D eigenvalue weighted by molar-refractivity contribution is 0.122. The highest BCUT2D eigenvalue weighted by atomic mass is 35.5. The van der Waals surface area contributed by atoms with Gasteiger partial charge in [0, 0.05) is 43.9 Å². The lowest BCUT2D eigenvalue weighted by Gasteiger charge is -2.38. The van der Waals surface area contributed by atoms with Crippen molar-refractivity contribution in [3.05, 3.63) is 29.6 Å². The van der Waals surface area contributed by atoms with Crippen molar-refractivity contribution >= 4 is 12.4 Å². The normalized spacial score (nSPS) is 22.0. The van der Waals surface area contributed by atoms with Gasteiger partial charge in [-0.3, -0.25) is 4.90 Å². The molecule has 5 heteroatoms. The number of rotatable bonds is 3. The molecule has 2 N–H and O–H groups in total. The Kier molecular flexibility index (Phi) is 5.85. The Hall–Kier alpha value is -0.840. The number of phenols is 1. The van der Waals surface area contributed by atoms with E-state index in [0.29, 0.717) is 5.92 Å². The minimum atomic E-state index is -0.263. The SMILES string of the molecule is Cl.Oc1ccc([C@H](C2CCCC2)N2CCNCC2)c(F)c1. The summed E-state index contributed by atoms with van der Waals surface area (Å²) in [6, 6.07) is 4.80. The van der Waals surface area contributed by atoms with Gasteiger partial charge < -0.3 is 10.4 Å². The Morgan fingerprint density at radius 2 is 1.86 bits per heavy atom. The zero-order chi connectivity index (χ0) is 13.9. The van der Waals surface area contributed by atoms with Gasteiger partial charge in [0.2, 0.25) is 0 Å². The van der Waals surface area contributed by atoms with E-state index in [2.05, 4.69) is 10.2 Å². The molecular formula is C16H24ClFN2O. The van der Waals surface area contributed by atoms with Crippen LogP contribution < -0.4 is 5.32 Å². The molecule has 0 unspecified atom stereocenters. The topological polar surface area (TPSA) is 35.5 Å². The van der Waals surface area contributed by atoms with Crippen LogP contribution in [0.25, 0.3) is 0 Å². The molecule has 1 saturated heterocycles. The van der Waals surface area contributed by atoms with Gasteiger partial charge in [-0.1, -0.05) is 18.9 Å². The molecular weight excluding hydrogens is 291 g/mol. The molecule has 1 aromatic carbocycles. The maximum Gasteiger partial charge on any atom is 0.131 e. The molecule has 118 valence electrons. The average molecular weight is 315 g/mol. The number of halogens is 2. The highest BCUT2D eigenvalue weighted by molar-refractivity contribution is 5.85. The van der Waals surface area contributed by atoms with Crippen molar-refractivity contribution in [2.45, 2.75) is 31.7 Å². The number of phenolic OH excluding ortho intramolecular Hbond substituents is 1. The molecule has 0 radical (unpaired) electrons. The maximum absolute atomic E-state index is 14.3. The smallest absolute Gasteiger partial charge is 0.131 e. The quantitative estimate of drug-likeness (QED) is 0.900. The van der Waals surface area contributed by atoms with Crippen LogP contribution in [0.3, 0.4) is 0 Å². The van der Waals surface area contributed by atoms with Crippen LogP contribution >= 0.6 is 12.4 Å². The van der Waals surface area contributed by atoms with Crippen molar-refractivity contribution < 1.29 is 9.50 Å². The summed E-state index contributed by atoms with van der Waals surface area (Å²) >= 11 is 0. The van der Waals surface area contributed by atoms with Gasteiger partial charge in [-0.05, 0) is 24.8 Å². The molecule has 0 aromatic heterocycles. The third-order valence-corrected chi connectivity index (χ3v) is 4.69. The van der Waals surface area contributed by atoms with Gasteiger partial charge in [0.1, 0.15) is 11.6 Å². The molecule has 2 fully saturated rings. The summed E-state index contributed by atoms with van der Waals surface area (Å²) in [4.78, 5) is 2.42. The summed E-state index contributed by atoms with van der Waals surface area (Å²) in [7, 11) is 0. The van der Waals surface area contributed by atoms with Crippen LogP contribution in [0.1, 0.15) is 37.3 Å². The number of nitrogens with zero attached hydrogens (tertiary/aromatic N) is 1. The first-order valence-corrected chi connectivity index (χ1v) is 7.69. The fourth-order valence-corrected chi connectivity index (χ4v) is 3.74. The summed E-state index contributed by atoms with van der Waals surface area (Å²) in [5.74, 6) is 0.296. The van der Waals surface area contributed by atoms with Crippen molar-refractivity contribution in [2.24, 2.45) is 5.92 Å². The second-order valence-corrected chi connectivity index (χ2v) is 5.98. The van der Waals surface area contributed by atoms with E-state index in [0.717, 1.165) is 31.7 Å². The minimum Gasteiger partial charge on any atom is -0.508 e. The lowest BCUT2D eigenvalue weighted by Crippen LogP contribution is -2.46. The molecule has 2 aliphatic rings. The van der Waals surface area contributed by atoms with Crippen LogP contribution in [0.2, 0.25) is 0 Å². The van der Waals surface area contributed by atoms with E-state index in [9.17, 15) is 9.50 Å². The number of nitrogens with one attached hydrogen (secondary N) is 1. The van der Waals surface area contributed by atoms with Gasteiger partial charge in [0.05, 0.1) is 0 Å². The van der Waals surface area contributed by atoms with Gasteiger partial charge in [0.15, 0.2) is 0 Å². The number of piperazine rings is 1. The first-order chi connectivity index (χ1) is 9.75. The average Bonchev–Trinajstić information content (AvgIpc) is 2.97. The van der Waals surface area contributed by atoms with Crippen LogP contribution in [0, 0.1) is 11.7 Å². The monoisotopic (exact) mass is 314 g/mol. The first-order valence-electron chi connectivity index (χ1n) is 7.69. The van der Waals surface area contributed by atoms with Gasteiger partial charge >= 0.3 is 0 Å². The summed E-state index contributed by atoms with van der Waals surface area (Å²) < 4.78 is 14.3. The van der Waals surface area contributed by atoms with E-state index in [4.69, 9.17) is 0 Å². The van der Waals surface area contributed by atoms with Gasteiger partial charge in [0.25, 0.3) is 0 Å². The molecule has 0 spiro atoms. The molecule has 1 heterocycles. The van der Waals surface area contributed by atoms with E-state index >= 15 is 0 Å². The molecule has 0 amide bonds. The van der Waals surface area contributed by atoms with Gasteiger partial charge in [-0.25, -0.2) is 4.39 Å². The van der Waals surface area contributed by atoms with Crippen molar-refractivity contribution in [3.63, 3.8) is 0 Å². The highest BCUT2D eigenvalue weighted by Crippen LogP contribution is 2.40. The number of aromatic hydroxyl groups is 1. The van der Waals surface area contributed by atoms with Crippen molar-refractivity contribution in [1.82, 2.24) is 10.2 Å². The first kappa shape index (κ1) is 16.5. The molecule has 1 saturated carbocycles. The van der Waals surface area contributed by atoms with Crippen molar-refractivity contribution in [3.8, 4) is 5.75 Å². The Balaban J connectivity index is 0.00000161. The molecule has 3 nitrogen and oxygen atoms in total. The number of hydrogen-bond acceptors (Lipinski definition) is 3. The van der Waals surface area contributed by atoms with E-state index in [1.54, 1.807) is 12.1 Å². The fourth-order valence-electron chi connectivity index (χ4n) is 3.74. The molecule has 1 aliphatic carbocycles. The summed E-state index contributed by atoms with van der Waals surface area (Å²) in [5, 5.41) is 12.8. The molecule has 21 heavy (non-hydrogen) atoms. The summed E-state index contributed by atoms with van der Waals surface area (Å²) in [6.07, 6.45) is 4.89. The molecule has 1 aliphatic heterocycles. The van der Waals surface area contributed by atoms with Crippen LogP contribution in [0.5, 0.6) is 5.75 Å². The van der Waals surface area contributed by atoms with E-state index in [-0.39, 0.29) is 30.0 Å². The minimum absolute atomic E-state index is 0. The lowest BCUT2D eigenvalue weighted by atomic mass is 9.89. The predicted molar refractivity (Wildman–Crippen MR) is 84.5 cm³/mol. The van der Waals surface area contributed by atoms with Crippen molar-refractivity contribution in [1.29, 1.82) is 0 Å². The number of benzene rings is 1. The van der Waals surface area contributed by atoms with Crippen LogP contribution in [0.15, 0.2) is 18.2 Å². The largest absolute Gasteiger partial charge is 0.508 e. The molecule has 3 rings (SSSR count). The predicted octanol–water partition coefficient (Wildman–Crippen LogP) is 3.09. The Morgan fingerprint density at radius 1 is 1.19 bits per heavy atom. The third kappa shape index (κ3) is 3.68. The van der Waals surface area contributed by atoms with Crippen LogP contribution in [-0.4, -0.2) is 36.2 Å². The van der Waals surface area contributed by atoms with Gasteiger partial charge in [-0.15, -0.1) is 12.4 Å². The molecule has 1 aromatic rings. The Morgan fingerprint density at radius 3 is 2.48 bits per heavy atom. The standard InChI is InChI=1S/C16H23FN2O.ClH/c17-15-11-13(20)5-6-14(15)16(12-3-1-2-4-12)19-9-7-18-8-10-19;/h5-6,11-12,16,18,20H,1-4,7-10H2;1H/t16-;/m0./s1. The van der Waals surface area contributed by atoms with E-state index in [1.807, 2.05) is 0 Å². The van der Waals surface area contributed by atoms with E-state index in [1.165, 1.54) is 31.7 Å². The maximum atomic E-state index is 14.3.